The molecule has 0 spiro atoms. The lowest BCUT2D eigenvalue weighted by atomic mass is 9.77. The highest BCUT2D eigenvalue weighted by Crippen LogP contribution is 2.45. The number of aryl methyl sites for hydroxylation is 1. The number of aromatic carboxylic acids is 1. The monoisotopic (exact) mass is 276 g/mol. The van der Waals surface area contributed by atoms with E-state index in [1.807, 2.05) is 12.1 Å². The molecule has 2 bridgehead atoms. The van der Waals surface area contributed by atoms with Crippen LogP contribution < -0.4 is 0 Å². The number of benzene rings is 1. The van der Waals surface area contributed by atoms with E-state index >= 15 is 0 Å². The fourth-order valence-corrected chi connectivity index (χ4v) is 3.67. The summed E-state index contributed by atoms with van der Waals surface area (Å²) in [7, 11) is 0. The number of carboxylic acid groups (broad SMARTS) is 1. The van der Waals surface area contributed by atoms with Gasteiger partial charge < -0.3 is 14.9 Å². The van der Waals surface area contributed by atoms with Crippen LogP contribution in [0.15, 0.2) is 24.3 Å². The summed E-state index contributed by atoms with van der Waals surface area (Å²) in [5.74, 6) is -0.164. The van der Waals surface area contributed by atoms with E-state index in [0.717, 1.165) is 31.2 Å². The number of carboxylic acids is 1. The summed E-state index contributed by atoms with van der Waals surface area (Å²) < 4.78 is 5.89. The van der Waals surface area contributed by atoms with Crippen molar-refractivity contribution >= 4 is 5.97 Å². The maximum atomic E-state index is 10.8. The SMILES string of the molecule is O=C(O)c1ccc(CCC2C3CCC(O3)C2CO)cc1. The molecule has 2 fully saturated rings. The summed E-state index contributed by atoms with van der Waals surface area (Å²) in [5, 5.41) is 18.4. The van der Waals surface area contributed by atoms with Gasteiger partial charge in [-0.15, -0.1) is 0 Å². The van der Waals surface area contributed by atoms with Gasteiger partial charge in [0.1, 0.15) is 0 Å². The number of hydrogen-bond donors (Lipinski definition) is 2. The molecule has 0 aliphatic carbocycles. The van der Waals surface area contributed by atoms with Crippen LogP contribution in [0.4, 0.5) is 0 Å². The highest BCUT2D eigenvalue weighted by molar-refractivity contribution is 5.87. The number of aliphatic hydroxyl groups excluding tert-OH is 1. The van der Waals surface area contributed by atoms with Gasteiger partial charge >= 0.3 is 5.97 Å². The first-order valence-corrected chi connectivity index (χ1v) is 7.27. The van der Waals surface area contributed by atoms with E-state index in [9.17, 15) is 9.90 Å². The molecule has 1 aromatic rings. The Morgan fingerprint density at radius 3 is 2.40 bits per heavy atom. The van der Waals surface area contributed by atoms with Crippen LogP contribution in [0.1, 0.15) is 35.2 Å². The molecule has 0 radical (unpaired) electrons. The average molecular weight is 276 g/mol. The standard InChI is InChI=1S/C16H20O4/c17-9-13-12(14-7-8-15(13)20-14)6-3-10-1-4-11(5-2-10)16(18)19/h1-2,4-5,12-15,17H,3,6-9H2,(H,18,19). The molecule has 2 N–H and O–H groups in total. The Morgan fingerprint density at radius 1 is 1.15 bits per heavy atom. The Labute approximate surface area is 118 Å². The molecule has 108 valence electrons. The van der Waals surface area contributed by atoms with Gasteiger partial charge in [-0.1, -0.05) is 12.1 Å². The number of ether oxygens (including phenoxy) is 1. The molecule has 1 aromatic carbocycles. The van der Waals surface area contributed by atoms with E-state index in [0.29, 0.717) is 17.6 Å². The lowest BCUT2D eigenvalue weighted by Gasteiger charge is -2.26. The fourth-order valence-electron chi connectivity index (χ4n) is 3.67. The third kappa shape index (κ3) is 2.45. The number of rotatable bonds is 5. The Morgan fingerprint density at radius 2 is 1.80 bits per heavy atom. The van der Waals surface area contributed by atoms with Crippen molar-refractivity contribution in [1.82, 2.24) is 0 Å². The second-order valence-electron chi connectivity index (χ2n) is 5.84. The molecular formula is C16H20O4. The number of aliphatic hydroxyl groups is 1. The van der Waals surface area contributed by atoms with Gasteiger partial charge in [-0.2, -0.15) is 0 Å². The van der Waals surface area contributed by atoms with Gasteiger partial charge in [0.2, 0.25) is 0 Å². The molecule has 4 nitrogen and oxygen atoms in total. The molecule has 0 aromatic heterocycles. The van der Waals surface area contributed by atoms with Crippen LogP contribution >= 0.6 is 0 Å². The van der Waals surface area contributed by atoms with Crippen molar-refractivity contribution in [3.63, 3.8) is 0 Å². The topological polar surface area (TPSA) is 66.8 Å². The van der Waals surface area contributed by atoms with Crippen molar-refractivity contribution in [3.8, 4) is 0 Å². The molecule has 2 aliphatic rings. The van der Waals surface area contributed by atoms with Crippen molar-refractivity contribution in [2.45, 2.75) is 37.9 Å². The minimum absolute atomic E-state index is 0.212. The molecule has 0 amide bonds. The normalized spacial score (nSPS) is 31.6. The van der Waals surface area contributed by atoms with Crippen molar-refractivity contribution in [2.24, 2.45) is 11.8 Å². The minimum Gasteiger partial charge on any atom is -0.478 e. The zero-order valence-corrected chi connectivity index (χ0v) is 11.4. The number of fused-ring (bicyclic) bond motifs is 2. The smallest absolute Gasteiger partial charge is 0.335 e. The molecule has 20 heavy (non-hydrogen) atoms. The predicted octanol–water partition coefficient (Wildman–Crippen LogP) is 2.10. The van der Waals surface area contributed by atoms with Gasteiger partial charge in [-0.3, -0.25) is 0 Å². The van der Waals surface area contributed by atoms with Crippen molar-refractivity contribution in [1.29, 1.82) is 0 Å². The molecular weight excluding hydrogens is 256 g/mol. The molecule has 4 unspecified atom stereocenters. The van der Waals surface area contributed by atoms with E-state index in [1.54, 1.807) is 12.1 Å². The lowest BCUT2D eigenvalue weighted by Crippen LogP contribution is -2.30. The highest BCUT2D eigenvalue weighted by atomic mass is 16.5. The number of carbonyl (C=O) groups is 1. The summed E-state index contributed by atoms with van der Waals surface area (Å²) in [5.41, 5.74) is 1.47. The summed E-state index contributed by atoms with van der Waals surface area (Å²) in [4.78, 5) is 10.8. The second kappa shape index (κ2) is 5.54. The second-order valence-corrected chi connectivity index (χ2v) is 5.84. The van der Waals surface area contributed by atoms with Crippen molar-refractivity contribution in [2.75, 3.05) is 6.61 Å². The quantitative estimate of drug-likeness (QED) is 0.864. The van der Waals surface area contributed by atoms with Crippen molar-refractivity contribution in [3.05, 3.63) is 35.4 Å². The minimum atomic E-state index is -0.890. The van der Waals surface area contributed by atoms with Crippen LogP contribution in [-0.4, -0.2) is 35.0 Å². The van der Waals surface area contributed by atoms with Gasteiger partial charge in [0, 0.05) is 12.5 Å². The van der Waals surface area contributed by atoms with Crippen LogP contribution in [0.5, 0.6) is 0 Å². The van der Waals surface area contributed by atoms with Gasteiger partial charge in [0.05, 0.1) is 17.8 Å². The first-order valence-electron chi connectivity index (χ1n) is 7.27. The summed E-state index contributed by atoms with van der Waals surface area (Å²) >= 11 is 0. The third-order valence-corrected chi connectivity index (χ3v) is 4.77. The van der Waals surface area contributed by atoms with E-state index in [4.69, 9.17) is 9.84 Å². The summed E-state index contributed by atoms with van der Waals surface area (Å²) in [6, 6.07) is 7.06. The Bertz CT molecular complexity index is 482. The van der Waals surface area contributed by atoms with Gasteiger partial charge in [0.25, 0.3) is 0 Å². The van der Waals surface area contributed by atoms with E-state index in [1.165, 1.54) is 0 Å². The Balaban J connectivity index is 1.60. The maximum absolute atomic E-state index is 10.8. The first-order chi connectivity index (χ1) is 9.69. The Kier molecular flexibility index (Phi) is 3.76. The molecule has 2 saturated heterocycles. The van der Waals surface area contributed by atoms with E-state index < -0.39 is 5.97 Å². The van der Waals surface area contributed by atoms with Crippen LogP contribution in [0, 0.1) is 11.8 Å². The fraction of sp³-hybridized carbons (Fsp3) is 0.562. The van der Waals surface area contributed by atoms with Crippen LogP contribution in [0.25, 0.3) is 0 Å². The van der Waals surface area contributed by atoms with Crippen LogP contribution in [0.2, 0.25) is 0 Å². The third-order valence-electron chi connectivity index (χ3n) is 4.77. The predicted molar refractivity (Wildman–Crippen MR) is 73.7 cm³/mol. The van der Waals surface area contributed by atoms with Gasteiger partial charge in [0.15, 0.2) is 0 Å². The first kappa shape index (κ1) is 13.6. The molecule has 4 atom stereocenters. The van der Waals surface area contributed by atoms with Crippen LogP contribution in [0.3, 0.4) is 0 Å². The summed E-state index contributed by atoms with van der Waals surface area (Å²) in [6.07, 6.45) is 4.68. The molecule has 3 rings (SSSR count). The number of hydrogen-bond acceptors (Lipinski definition) is 3. The lowest BCUT2D eigenvalue weighted by molar-refractivity contribution is 0.0696. The Hall–Kier alpha value is -1.39. The maximum Gasteiger partial charge on any atom is 0.335 e. The average Bonchev–Trinajstić information content (AvgIpc) is 3.05. The largest absolute Gasteiger partial charge is 0.478 e. The van der Waals surface area contributed by atoms with Crippen molar-refractivity contribution < 1.29 is 19.7 Å². The zero-order chi connectivity index (χ0) is 14.1. The van der Waals surface area contributed by atoms with Crippen LogP contribution in [-0.2, 0) is 11.2 Å². The van der Waals surface area contributed by atoms with Gasteiger partial charge in [-0.05, 0) is 49.3 Å². The highest BCUT2D eigenvalue weighted by Gasteiger charge is 2.47. The van der Waals surface area contributed by atoms with E-state index in [2.05, 4.69) is 0 Å². The van der Waals surface area contributed by atoms with Gasteiger partial charge in [-0.25, -0.2) is 4.79 Å². The molecule has 2 aliphatic heterocycles. The zero-order valence-electron chi connectivity index (χ0n) is 11.4. The molecule has 4 heteroatoms. The molecule has 0 saturated carbocycles. The molecule has 2 heterocycles. The summed E-state index contributed by atoms with van der Waals surface area (Å²) in [6.45, 7) is 0.212. The van der Waals surface area contributed by atoms with E-state index in [-0.39, 0.29) is 18.6 Å².